The van der Waals surface area contributed by atoms with Gasteiger partial charge < -0.3 is 4.74 Å². The third-order valence-corrected chi connectivity index (χ3v) is 8.79. The molecule has 2 unspecified atom stereocenters. The zero-order chi connectivity index (χ0) is 25.6. The summed E-state index contributed by atoms with van der Waals surface area (Å²) in [7, 11) is 1.60. The minimum atomic E-state index is -3.55. The van der Waals surface area contributed by atoms with E-state index in [-0.39, 0.29) is 17.4 Å². The van der Waals surface area contributed by atoms with E-state index in [9.17, 15) is 13.6 Å². The van der Waals surface area contributed by atoms with E-state index in [0.29, 0.717) is 18.4 Å². The summed E-state index contributed by atoms with van der Waals surface area (Å²) in [4.78, 5) is 14.1. The third kappa shape index (κ3) is 5.00. The molecule has 4 fully saturated rings. The summed E-state index contributed by atoms with van der Waals surface area (Å²) in [5.74, 6) is -3.76. The lowest BCUT2D eigenvalue weighted by molar-refractivity contribution is -0.184. The second-order valence-corrected chi connectivity index (χ2v) is 12.0. The molecule has 4 aliphatic rings. The Kier molecular flexibility index (Phi) is 6.57. The largest absolute Gasteiger partial charge is 0.461 e. The predicted octanol–water partition coefficient (Wildman–Crippen LogP) is 6.79. The first-order chi connectivity index (χ1) is 17.1. The molecule has 2 aromatic rings. The van der Waals surface area contributed by atoms with Gasteiger partial charge in [0.05, 0.1) is 13.2 Å². The molecule has 0 heterocycles. The van der Waals surface area contributed by atoms with E-state index < -0.39 is 18.4 Å². The molecule has 0 radical (unpaired) electrons. The maximum Gasteiger partial charge on any atom is 0.378 e. The van der Waals surface area contributed by atoms with Gasteiger partial charge in [-0.2, -0.15) is 8.78 Å². The summed E-state index contributed by atoms with van der Waals surface area (Å²) in [6, 6.07) is 16.4. The van der Waals surface area contributed by atoms with Gasteiger partial charge in [-0.1, -0.05) is 66.7 Å². The molecule has 36 heavy (non-hydrogen) atoms. The van der Waals surface area contributed by atoms with Crippen molar-refractivity contribution in [2.75, 3.05) is 20.2 Å². The highest BCUT2D eigenvalue weighted by atomic mass is 19.3. The number of nitrogens with zero attached hydrogens (tertiary/aromatic N) is 1. The van der Waals surface area contributed by atoms with Crippen molar-refractivity contribution < 1.29 is 18.3 Å². The molecule has 4 saturated carbocycles. The normalized spacial score (nSPS) is 28.9. The summed E-state index contributed by atoms with van der Waals surface area (Å²) in [6.07, 6.45) is 8.18. The van der Waals surface area contributed by atoms with Crippen LogP contribution in [0.3, 0.4) is 0 Å². The number of hydrogen-bond acceptors (Lipinski definition) is 3. The van der Waals surface area contributed by atoms with Crippen molar-refractivity contribution in [1.29, 1.82) is 0 Å². The number of halogens is 2. The third-order valence-electron chi connectivity index (χ3n) is 8.79. The molecule has 0 spiro atoms. The van der Waals surface area contributed by atoms with Crippen LogP contribution in [0.2, 0.25) is 0 Å². The molecule has 4 aliphatic carbocycles. The van der Waals surface area contributed by atoms with Gasteiger partial charge in [-0.05, 0) is 86.4 Å². The fraction of sp³-hybridized carbons (Fsp3) is 0.516. The average molecular weight is 494 g/mol. The second kappa shape index (κ2) is 9.41. The van der Waals surface area contributed by atoms with Crippen LogP contribution >= 0.6 is 0 Å². The number of aryl methyl sites for hydroxylation is 1. The van der Waals surface area contributed by atoms with Gasteiger partial charge in [0.15, 0.2) is 0 Å². The minimum Gasteiger partial charge on any atom is -0.461 e. The van der Waals surface area contributed by atoms with Crippen LogP contribution in [0.15, 0.2) is 55.1 Å². The van der Waals surface area contributed by atoms with Crippen molar-refractivity contribution >= 4 is 12.0 Å². The monoisotopic (exact) mass is 493 g/mol. The van der Waals surface area contributed by atoms with E-state index in [4.69, 9.17) is 4.74 Å². The molecule has 0 aliphatic heterocycles. The molecule has 0 aromatic heterocycles. The van der Waals surface area contributed by atoms with E-state index in [1.807, 2.05) is 24.3 Å². The smallest absolute Gasteiger partial charge is 0.378 e. The summed E-state index contributed by atoms with van der Waals surface area (Å²) in [5.41, 5.74) is 4.40. The fourth-order valence-electron chi connectivity index (χ4n) is 7.72. The molecule has 0 N–H and O–H groups in total. The van der Waals surface area contributed by atoms with E-state index >= 15 is 0 Å². The van der Waals surface area contributed by atoms with Crippen LogP contribution in [-0.4, -0.2) is 37.0 Å². The van der Waals surface area contributed by atoms with Gasteiger partial charge in [-0.3, -0.25) is 4.90 Å². The Hall–Kier alpha value is -2.53. The molecular weight excluding hydrogens is 456 g/mol. The Morgan fingerprint density at radius 1 is 1.08 bits per heavy atom. The molecule has 3 nitrogen and oxygen atoms in total. The van der Waals surface area contributed by atoms with Crippen LogP contribution < -0.4 is 0 Å². The molecule has 2 aromatic carbocycles. The van der Waals surface area contributed by atoms with Crippen LogP contribution in [0.4, 0.5) is 8.78 Å². The number of rotatable bonds is 9. The first-order valence-electron chi connectivity index (χ1n) is 13.1. The Labute approximate surface area is 213 Å². The maximum atomic E-state index is 14.9. The molecule has 192 valence electrons. The number of hydrogen-bond donors (Lipinski definition) is 0. The number of esters is 1. The Morgan fingerprint density at radius 2 is 1.72 bits per heavy atom. The summed E-state index contributed by atoms with van der Waals surface area (Å²) in [5, 5.41) is 0. The molecule has 2 atom stereocenters. The molecular formula is C31H37F2NO2. The van der Waals surface area contributed by atoms with Gasteiger partial charge >= 0.3 is 11.9 Å². The van der Waals surface area contributed by atoms with Crippen LogP contribution in [0.25, 0.3) is 6.08 Å². The van der Waals surface area contributed by atoms with Crippen molar-refractivity contribution in [1.82, 2.24) is 4.90 Å². The number of carbonyl (C=O) groups excluding carboxylic acids is 1. The predicted molar refractivity (Wildman–Crippen MR) is 139 cm³/mol. The minimum absolute atomic E-state index is 0.0913. The first kappa shape index (κ1) is 25.1. The van der Waals surface area contributed by atoms with Crippen LogP contribution in [0.5, 0.6) is 0 Å². The van der Waals surface area contributed by atoms with E-state index in [2.05, 4.69) is 37.8 Å². The fourth-order valence-corrected chi connectivity index (χ4v) is 7.72. The molecule has 0 amide bonds. The van der Waals surface area contributed by atoms with Gasteiger partial charge in [0, 0.05) is 12.0 Å². The maximum absolute atomic E-state index is 14.9. The van der Waals surface area contributed by atoms with Crippen molar-refractivity contribution in [3.05, 3.63) is 77.4 Å². The van der Waals surface area contributed by atoms with Crippen molar-refractivity contribution in [2.24, 2.45) is 17.3 Å². The Balaban J connectivity index is 1.22. The number of benzene rings is 2. The van der Waals surface area contributed by atoms with Gasteiger partial charge in [-0.15, -0.1) is 0 Å². The average Bonchev–Trinajstić information content (AvgIpc) is 2.82. The molecule has 0 saturated heterocycles. The van der Waals surface area contributed by atoms with E-state index in [1.54, 1.807) is 13.1 Å². The van der Waals surface area contributed by atoms with Crippen molar-refractivity contribution in [3.8, 4) is 0 Å². The topological polar surface area (TPSA) is 29.5 Å². The zero-order valence-corrected chi connectivity index (χ0v) is 21.4. The number of carbonyl (C=O) groups is 1. The van der Waals surface area contributed by atoms with Gasteiger partial charge in [0.25, 0.3) is 0 Å². The van der Waals surface area contributed by atoms with Crippen LogP contribution in [0.1, 0.15) is 60.8 Å². The Morgan fingerprint density at radius 3 is 2.33 bits per heavy atom. The zero-order valence-electron chi connectivity index (χ0n) is 21.4. The quantitative estimate of drug-likeness (QED) is 0.360. The van der Waals surface area contributed by atoms with Crippen LogP contribution in [-0.2, 0) is 21.5 Å². The van der Waals surface area contributed by atoms with E-state index in [0.717, 1.165) is 43.2 Å². The second-order valence-electron chi connectivity index (χ2n) is 12.0. The molecule has 5 heteroatoms. The Bertz CT molecular complexity index is 1090. The summed E-state index contributed by atoms with van der Waals surface area (Å²) < 4.78 is 35.2. The van der Waals surface area contributed by atoms with Gasteiger partial charge in [0.2, 0.25) is 0 Å². The van der Waals surface area contributed by atoms with Gasteiger partial charge in [-0.25, -0.2) is 4.79 Å². The standard InChI is InChI=1S/C31H37F2NO2/c1-4-23-7-9-24(10-8-23)18-34(3)20-31(32,33)28(35)36-21-29-14-25-13-26(15-29)17-30(16-25,19-29)27-11-5-22(2)6-12-27/h4-12,25-26H,1,13-21H2,2-3H3. The SMILES string of the molecule is C=Cc1ccc(CN(C)CC(F)(F)C(=O)OCC23CC4CC(C2)CC(c2ccc(C)cc2)(C4)C3)cc1. The summed E-state index contributed by atoms with van der Waals surface area (Å²) in [6.45, 7) is 5.59. The van der Waals surface area contributed by atoms with Crippen molar-refractivity contribution in [2.45, 2.75) is 63.3 Å². The lowest BCUT2D eigenvalue weighted by Gasteiger charge is -2.62. The highest BCUT2D eigenvalue weighted by molar-refractivity contribution is 5.77. The molecule has 4 bridgehead atoms. The lowest BCUT2D eigenvalue weighted by Crippen LogP contribution is -2.56. The first-order valence-corrected chi connectivity index (χ1v) is 13.1. The number of alkyl halides is 2. The molecule has 6 rings (SSSR count). The highest BCUT2D eigenvalue weighted by Gasteiger charge is 2.59. The summed E-state index contributed by atoms with van der Waals surface area (Å²) >= 11 is 0. The van der Waals surface area contributed by atoms with E-state index in [1.165, 1.54) is 22.4 Å². The number of ether oxygens (including phenoxy) is 1. The van der Waals surface area contributed by atoms with Crippen LogP contribution in [0, 0.1) is 24.2 Å². The van der Waals surface area contributed by atoms with Gasteiger partial charge in [0.1, 0.15) is 0 Å². The lowest BCUT2D eigenvalue weighted by atomic mass is 9.43. The highest BCUT2D eigenvalue weighted by Crippen LogP contribution is 2.65. The van der Waals surface area contributed by atoms with Crippen molar-refractivity contribution in [3.63, 3.8) is 0 Å².